The van der Waals surface area contributed by atoms with E-state index in [0.717, 1.165) is 18.4 Å². The summed E-state index contributed by atoms with van der Waals surface area (Å²) in [6, 6.07) is 0. The maximum absolute atomic E-state index is 3.51. The highest BCUT2D eigenvalue weighted by molar-refractivity contribution is 4.69. The highest BCUT2D eigenvalue weighted by Gasteiger charge is 2.16. The predicted molar refractivity (Wildman–Crippen MR) is 116 cm³/mol. The van der Waals surface area contributed by atoms with Crippen molar-refractivity contribution in [3.05, 3.63) is 0 Å². The molecule has 2 atom stereocenters. The zero-order chi connectivity index (χ0) is 18.6. The van der Waals surface area contributed by atoms with Gasteiger partial charge < -0.3 is 5.32 Å². The monoisotopic (exact) mass is 353 g/mol. The van der Waals surface area contributed by atoms with Crippen molar-refractivity contribution in [1.29, 1.82) is 0 Å². The molecule has 0 amide bonds. The summed E-state index contributed by atoms with van der Waals surface area (Å²) in [6.07, 6.45) is 23.1. The summed E-state index contributed by atoms with van der Waals surface area (Å²) >= 11 is 0. The average Bonchev–Trinajstić information content (AvgIpc) is 2.62. The largest absolute Gasteiger partial charge is 0.317 e. The van der Waals surface area contributed by atoms with Gasteiger partial charge in [-0.1, -0.05) is 111 Å². The first-order valence-corrected chi connectivity index (χ1v) is 12.0. The average molecular weight is 354 g/mol. The zero-order valence-electron chi connectivity index (χ0n) is 18.4. The minimum absolute atomic E-state index is 0.989. The second-order valence-electron chi connectivity index (χ2n) is 8.30. The molecule has 25 heavy (non-hydrogen) atoms. The lowest BCUT2D eigenvalue weighted by atomic mass is 9.82. The van der Waals surface area contributed by atoms with E-state index in [1.165, 1.54) is 109 Å². The first kappa shape index (κ1) is 25.0. The Bertz CT molecular complexity index is 214. The number of hydrogen-bond acceptors (Lipinski definition) is 1. The van der Waals surface area contributed by atoms with Crippen LogP contribution in [0.5, 0.6) is 0 Å². The Balaban J connectivity index is 4.36. The van der Waals surface area contributed by atoms with E-state index >= 15 is 0 Å². The van der Waals surface area contributed by atoms with Crippen LogP contribution in [-0.4, -0.2) is 13.1 Å². The molecule has 0 spiro atoms. The van der Waals surface area contributed by atoms with Crippen LogP contribution in [0.1, 0.15) is 130 Å². The molecule has 0 aliphatic heterocycles. The van der Waals surface area contributed by atoms with Gasteiger partial charge >= 0.3 is 0 Å². The molecule has 0 aliphatic carbocycles. The lowest BCUT2D eigenvalue weighted by molar-refractivity contribution is 0.285. The van der Waals surface area contributed by atoms with Crippen LogP contribution in [0.2, 0.25) is 0 Å². The number of hydrogen-bond donors (Lipinski definition) is 1. The predicted octanol–water partition coefficient (Wildman–Crippen LogP) is 8.13. The van der Waals surface area contributed by atoms with Crippen molar-refractivity contribution < 1.29 is 0 Å². The molecule has 0 aromatic carbocycles. The Kier molecular flexibility index (Phi) is 20.2. The molecule has 1 heteroatoms. The smallest absolute Gasteiger partial charge is 0.00489 e. The van der Waals surface area contributed by atoms with E-state index in [-0.39, 0.29) is 0 Å². The van der Waals surface area contributed by atoms with Gasteiger partial charge in [-0.15, -0.1) is 0 Å². The molecule has 1 nitrogen and oxygen atoms in total. The Labute approximate surface area is 161 Å². The fraction of sp³-hybridized carbons (Fsp3) is 1.00. The minimum Gasteiger partial charge on any atom is -0.317 e. The molecule has 0 aromatic rings. The van der Waals surface area contributed by atoms with Gasteiger partial charge in [0.25, 0.3) is 0 Å². The van der Waals surface area contributed by atoms with Gasteiger partial charge in [0.1, 0.15) is 0 Å². The van der Waals surface area contributed by atoms with Crippen LogP contribution in [0, 0.1) is 11.8 Å². The molecule has 0 rings (SSSR count). The first-order valence-electron chi connectivity index (χ1n) is 12.0. The molecule has 2 unspecified atom stereocenters. The number of rotatable bonds is 20. The summed E-state index contributed by atoms with van der Waals surface area (Å²) in [5.74, 6) is 2.00. The van der Waals surface area contributed by atoms with E-state index in [0.29, 0.717) is 0 Å². The van der Waals surface area contributed by atoms with Gasteiger partial charge in [-0.25, -0.2) is 0 Å². The summed E-state index contributed by atoms with van der Waals surface area (Å²) in [5, 5.41) is 3.51. The molecular weight excluding hydrogens is 302 g/mol. The highest BCUT2D eigenvalue weighted by atomic mass is 14.8. The highest BCUT2D eigenvalue weighted by Crippen LogP contribution is 2.30. The lowest BCUT2D eigenvalue weighted by Crippen LogP contribution is -2.16. The maximum atomic E-state index is 3.51. The van der Waals surface area contributed by atoms with Gasteiger partial charge in [0, 0.05) is 0 Å². The molecule has 0 saturated carbocycles. The quantitative estimate of drug-likeness (QED) is 0.218. The fourth-order valence-corrected chi connectivity index (χ4v) is 4.15. The first-order chi connectivity index (χ1) is 12.3. The lowest BCUT2D eigenvalue weighted by Gasteiger charge is -2.24. The molecule has 0 bridgehead atoms. The Morgan fingerprint density at radius 1 is 0.520 bits per heavy atom. The fourth-order valence-electron chi connectivity index (χ4n) is 4.15. The second kappa shape index (κ2) is 20.3. The van der Waals surface area contributed by atoms with Crippen molar-refractivity contribution in [2.75, 3.05) is 13.1 Å². The standard InChI is InChI=1S/C24H51N/c1-5-9-12-15-19-23(17-13-10-6-2)22-24(18-14-11-7-3)20-16-21-25-8-4/h23-25H,5-22H2,1-4H3. The van der Waals surface area contributed by atoms with Crippen LogP contribution < -0.4 is 5.32 Å². The van der Waals surface area contributed by atoms with Gasteiger partial charge in [0.05, 0.1) is 0 Å². The molecule has 0 heterocycles. The van der Waals surface area contributed by atoms with Crippen LogP contribution in [0.4, 0.5) is 0 Å². The number of unbranched alkanes of at least 4 members (excludes halogenated alkanes) is 7. The van der Waals surface area contributed by atoms with Gasteiger partial charge in [0.2, 0.25) is 0 Å². The number of nitrogens with one attached hydrogen (secondary N) is 1. The van der Waals surface area contributed by atoms with Crippen LogP contribution in [0.3, 0.4) is 0 Å². The third-order valence-corrected chi connectivity index (χ3v) is 5.78. The van der Waals surface area contributed by atoms with Crippen LogP contribution in [-0.2, 0) is 0 Å². The zero-order valence-corrected chi connectivity index (χ0v) is 18.4. The van der Waals surface area contributed by atoms with E-state index in [4.69, 9.17) is 0 Å². The van der Waals surface area contributed by atoms with Gasteiger partial charge in [0.15, 0.2) is 0 Å². The molecule has 1 N–H and O–H groups in total. The van der Waals surface area contributed by atoms with E-state index in [1.807, 2.05) is 0 Å². The van der Waals surface area contributed by atoms with Crippen LogP contribution >= 0.6 is 0 Å². The molecule has 0 aromatic heterocycles. The summed E-state index contributed by atoms with van der Waals surface area (Å²) in [6.45, 7) is 11.6. The summed E-state index contributed by atoms with van der Waals surface area (Å²) in [7, 11) is 0. The van der Waals surface area contributed by atoms with Crippen molar-refractivity contribution in [1.82, 2.24) is 5.32 Å². The third-order valence-electron chi connectivity index (χ3n) is 5.78. The Morgan fingerprint density at radius 3 is 1.44 bits per heavy atom. The maximum Gasteiger partial charge on any atom is -0.00489 e. The van der Waals surface area contributed by atoms with E-state index in [1.54, 1.807) is 0 Å². The molecule has 0 aliphatic rings. The molecule has 0 radical (unpaired) electrons. The van der Waals surface area contributed by atoms with Gasteiger partial charge in [-0.2, -0.15) is 0 Å². The second-order valence-corrected chi connectivity index (χ2v) is 8.30. The van der Waals surface area contributed by atoms with Crippen molar-refractivity contribution in [3.63, 3.8) is 0 Å². The molecule has 0 fully saturated rings. The van der Waals surface area contributed by atoms with E-state index in [9.17, 15) is 0 Å². The summed E-state index contributed by atoms with van der Waals surface area (Å²) in [5.41, 5.74) is 0. The van der Waals surface area contributed by atoms with Gasteiger partial charge in [-0.05, 0) is 44.2 Å². The van der Waals surface area contributed by atoms with Gasteiger partial charge in [-0.3, -0.25) is 0 Å². The van der Waals surface area contributed by atoms with Crippen molar-refractivity contribution in [3.8, 4) is 0 Å². The normalized spacial score (nSPS) is 13.9. The molecule has 152 valence electrons. The van der Waals surface area contributed by atoms with Crippen LogP contribution in [0.15, 0.2) is 0 Å². The molecule has 0 saturated heterocycles. The van der Waals surface area contributed by atoms with Crippen LogP contribution in [0.25, 0.3) is 0 Å². The Morgan fingerprint density at radius 2 is 0.960 bits per heavy atom. The Hall–Kier alpha value is -0.0400. The van der Waals surface area contributed by atoms with Crippen molar-refractivity contribution >= 4 is 0 Å². The third kappa shape index (κ3) is 17.1. The topological polar surface area (TPSA) is 12.0 Å². The SMILES string of the molecule is CCCCCCC(CCCCC)CC(CCCCC)CCCNCC. The van der Waals surface area contributed by atoms with Crippen molar-refractivity contribution in [2.24, 2.45) is 11.8 Å². The minimum atomic E-state index is 0.989. The summed E-state index contributed by atoms with van der Waals surface area (Å²) < 4.78 is 0. The van der Waals surface area contributed by atoms with E-state index < -0.39 is 0 Å². The van der Waals surface area contributed by atoms with E-state index in [2.05, 4.69) is 33.0 Å². The molecular formula is C24H51N. The van der Waals surface area contributed by atoms with Crippen molar-refractivity contribution in [2.45, 2.75) is 130 Å². The summed E-state index contributed by atoms with van der Waals surface area (Å²) in [4.78, 5) is 0.